The Morgan fingerprint density at radius 3 is 2.47 bits per heavy atom. The molecule has 0 radical (unpaired) electrons. The highest BCUT2D eigenvalue weighted by atomic mass is 16.6. The molecule has 1 heterocycles. The number of para-hydroxylation sites is 1. The molecule has 3 aromatic carbocycles. The number of non-ortho nitro benzene ring substituents is 1. The van der Waals surface area contributed by atoms with Crippen LogP contribution < -0.4 is 10.1 Å². The van der Waals surface area contributed by atoms with Crippen molar-refractivity contribution in [3.05, 3.63) is 105 Å². The van der Waals surface area contributed by atoms with Gasteiger partial charge in [0.2, 0.25) is 11.8 Å². The zero-order chi connectivity index (χ0) is 24.1. The first-order valence-electron chi connectivity index (χ1n) is 10.2. The summed E-state index contributed by atoms with van der Waals surface area (Å²) in [7, 11) is 0. The van der Waals surface area contributed by atoms with Gasteiger partial charge in [-0.2, -0.15) is 0 Å². The molecule has 0 unspecified atom stereocenters. The van der Waals surface area contributed by atoms with E-state index in [1.165, 1.54) is 19.1 Å². The van der Waals surface area contributed by atoms with E-state index >= 15 is 0 Å². The normalized spacial score (nSPS) is 13.9. The van der Waals surface area contributed by atoms with Crippen LogP contribution in [-0.2, 0) is 20.9 Å². The average molecular weight is 457 g/mol. The van der Waals surface area contributed by atoms with E-state index in [-0.39, 0.29) is 29.8 Å². The molecule has 0 saturated heterocycles. The van der Waals surface area contributed by atoms with Gasteiger partial charge in [-0.05, 0) is 54.1 Å². The summed E-state index contributed by atoms with van der Waals surface area (Å²) in [5, 5.41) is 13.5. The Hall–Kier alpha value is -4.79. The van der Waals surface area contributed by atoms with E-state index in [0.29, 0.717) is 22.6 Å². The van der Waals surface area contributed by atoms with Crippen LogP contribution >= 0.6 is 0 Å². The van der Waals surface area contributed by atoms with Crippen LogP contribution in [0, 0.1) is 10.1 Å². The van der Waals surface area contributed by atoms with E-state index in [2.05, 4.69) is 10.3 Å². The zero-order valence-electron chi connectivity index (χ0n) is 18.1. The average Bonchev–Trinajstić information content (AvgIpc) is 3.19. The van der Waals surface area contributed by atoms with Crippen LogP contribution in [-0.4, -0.2) is 22.7 Å². The number of cyclic esters (lactones) is 1. The van der Waals surface area contributed by atoms with Crippen molar-refractivity contribution in [2.75, 3.05) is 5.32 Å². The lowest BCUT2D eigenvalue weighted by molar-refractivity contribution is -0.384. The van der Waals surface area contributed by atoms with Crippen LogP contribution in [0.5, 0.6) is 5.75 Å². The molecule has 4 rings (SSSR count). The van der Waals surface area contributed by atoms with Crippen molar-refractivity contribution >= 4 is 35.2 Å². The van der Waals surface area contributed by atoms with Gasteiger partial charge in [-0.1, -0.05) is 18.2 Å². The molecule has 1 aliphatic rings. The topological polar surface area (TPSA) is 120 Å². The van der Waals surface area contributed by atoms with Crippen LogP contribution in [0.25, 0.3) is 6.08 Å². The number of nitrogens with one attached hydrogen (secondary N) is 1. The molecule has 1 N–H and O–H groups in total. The molecule has 34 heavy (non-hydrogen) atoms. The number of aliphatic imine (C=N–C) groups is 1. The molecule has 0 aromatic heterocycles. The predicted octanol–water partition coefficient (Wildman–Crippen LogP) is 4.48. The second kappa shape index (κ2) is 9.78. The largest absolute Gasteiger partial charge is 0.488 e. The van der Waals surface area contributed by atoms with E-state index in [1.54, 1.807) is 66.7 Å². The summed E-state index contributed by atoms with van der Waals surface area (Å²) in [6.07, 6.45) is 1.58. The van der Waals surface area contributed by atoms with Crippen molar-refractivity contribution in [1.82, 2.24) is 0 Å². The number of amides is 1. The van der Waals surface area contributed by atoms with E-state index in [0.717, 1.165) is 5.56 Å². The summed E-state index contributed by atoms with van der Waals surface area (Å²) in [6.45, 7) is 1.61. The monoisotopic (exact) mass is 457 g/mol. The van der Waals surface area contributed by atoms with Gasteiger partial charge >= 0.3 is 5.97 Å². The van der Waals surface area contributed by atoms with Crippen LogP contribution in [0.1, 0.15) is 23.6 Å². The van der Waals surface area contributed by atoms with Gasteiger partial charge in [-0.15, -0.1) is 0 Å². The third-order valence-corrected chi connectivity index (χ3v) is 4.83. The smallest absolute Gasteiger partial charge is 0.363 e. The fraction of sp³-hybridized carbons (Fsp3) is 0.0800. The highest BCUT2D eigenvalue weighted by molar-refractivity contribution is 6.13. The van der Waals surface area contributed by atoms with Crippen molar-refractivity contribution in [2.24, 2.45) is 4.99 Å². The molecule has 0 bridgehead atoms. The number of hydrogen-bond acceptors (Lipinski definition) is 7. The number of carbonyl (C=O) groups excluding carboxylic acids is 2. The number of ether oxygens (including phenoxy) is 2. The number of hydrogen-bond donors (Lipinski definition) is 1. The Balaban J connectivity index is 1.51. The first kappa shape index (κ1) is 22.4. The fourth-order valence-corrected chi connectivity index (χ4v) is 3.19. The Labute approximate surface area is 194 Å². The van der Waals surface area contributed by atoms with Gasteiger partial charge in [-0.3, -0.25) is 14.9 Å². The highest BCUT2D eigenvalue weighted by Gasteiger charge is 2.24. The third-order valence-electron chi connectivity index (χ3n) is 4.83. The summed E-state index contributed by atoms with van der Waals surface area (Å²) in [6, 6.07) is 20.0. The lowest BCUT2D eigenvalue weighted by Crippen LogP contribution is -2.07. The first-order chi connectivity index (χ1) is 16.4. The number of rotatable bonds is 7. The SMILES string of the molecule is CC(=O)Nc1ccc(C2=N/C(=C\c3ccccc3OCc3ccc([N+](=O)[O-])cc3)C(=O)O2)cc1. The fourth-order valence-electron chi connectivity index (χ4n) is 3.19. The first-order valence-corrected chi connectivity index (χ1v) is 10.2. The Kier molecular flexibility index (Phi) is 6.45. The van der Waals surface area contributed by atoms with Crippen molar-refractivity contribution in [1.29, 1.82) is 0 Å². The molecule has 170 valence electrons. The number of nitro benzene ring substituents is 1. The summed E-state index contributed by atoms with van der Waals surface area (Å²) >= 11 is 0. The van der Waals surface area contributed by atoms with Crippen molar-refractivity contribution < 1.29 is 24.0 Å². The van der Waals surface area contributed by atoms with Crippen molar-refractivity contribution in [3.8, 4) is 5.75 Å². The van der Waals surface area contributed by atoms with Crippen LogP contribution in [0.3, 0.4) is 0 Å². The molecule has 3 aromatic rings. The van der Waals surface area contributed by atoms with Crippen LogP contribution in [0.4, 0.5) is 11.4 Å². The second-order valence-electron chi connectivity index (χ2n) is 7.34. The minimum absolute atomic E-state index is 0.00653. The number of benzene rings is 3. The van der Waals surface area contributed by atoms with Gasteiger partial charge in [0.05, 0.1) is 4.92 Å². The summed E-state index contributed by atoms with van der Waals surface area (Å²) in [5.41, 5.74) is 2.72. The second-order valence-corrected chi connectivity index (χ2v) is 7.34. The van der Waals surface area contributed by atoms with Gasteiger partial charge in [0.1, 0.15) is 12.4 Å². The van der Waals surface area contributed by atoms with Crippen LogP contribution in [0.15, 0.2) is 83.5 Å². The maximum atomic E-state index is 12.4. The molecule has 0 aliphatic carbocycles. The van der Waals surface area contributed by atoms with Gasteiger partial charge in [0.15, 0.2) is 5.70 Å². The maximum absolute atomic E-state index is 12.4. The molecule has 0 saturated carbocycles. The van der Waals surface area contributed by atoms with E-state index < -0.39 is 10.9 Å². The number of nitrogens with zero attached hydrogens (tertiary/aromatic N) is 2. The quantitative estimate of drug-likeness (QED) is 0.242. The van der Waals surface area contributed by atoms with Crippen LogP contribution in [0.2, 0.25) is 0 Å². The van der Waals surface area contributed by atoms with E-state index in [9.17, 15) is 19.7 Å². The Morgan fingerprint density at radius 1 is 1.09 bits per heavy atom. The molecule has 0 atom stereocenters. The molecule has 0 fully saturated rings. The van der Waals surface area contributed by atoms with Gasteiger partial charge in [0.25, 0.3) is 5.69 Å². The Morgan fingerprint density at radius 2 is 1.79 bits per heavy atom. The predicted molar refractivity (Wildman–Crippen MR) is 125 cm³/mol. The highest BCUT2D eigenvalue weighted by Crippen LogP contribution is 2.26. The third kappa shape index (κ3) is 5.33. The zero-order valence-corrected chi connectivity index (χ0v) is 18.1. The summed E-state index contributed by atoms with van der Waals surface area (Å²) in [4.78, 5) is 38.2. The lowest BCUT2D eigenvalue weighted by atomic mass is 10.1. The Bertz CT molecular complexity index is 1310. The number of anilines is 1. The minimum atomic E-state index is -0.592. The van der Waals surface area contributed by atoms with Crippen molar-refractivity contribution in [2.45, 2.75) is 13.5 Å². The number of nitro groups is 1. The van der Waals surface area contributed by atoms with E-state index in [1.807, 2.05) is 0 Å². The van der Waals surface area contributed by atoms with Gasteiger partial charge in [0, 0.05) is 35.9 Å². The number of esters is 1. The van der Waals surface area contributed by atoms with Crippen molar-refractivity contribution in [3.63, 3.8) is 0 Å². The van der Waals surface area contributed by atoms with Gasteiger partial charge < -0.3 is 14.8 Å². The van der Waals surface area contributed by atoms with Gasteiger partial charge in [-0.25, -0.2) is 9.79 Å². The number of carbonyl (C=O) groups is 2. The summed E-state index contributed by atoms with van der Waals surface area (Å²) in [5.74, 6) is -0.0949. The maximum Gasteiger partial charge on any atom is 0.363 e. The summed E-state index contributed by atoms with van der Waals surface area (Å²) < 4.78 is 11.2. The van der Waals surface area contributed by atoms with E-state index in [4.69, 9.17) is 9.47 Å². The molecular formula is C25H19N3O6. The molecule has 1 amide bonds. The molecule has 9 heteroatoms. The standard InChI is InChI=1S/C25H19N3O6/c1-16(29)26-20-10-8-18(9-11-20)24-27-22(25(30)34-24)14-19-4-2-3-5-23(19)33-15-17-6-12-21(13-7-17)28(31)32/h2-14H,15H2,1H3,(H,26,29)/b22-14-. The molecule has 1 aliphatic heterocycles. The lowest BCUT2D eigenvalue weighted by Gasteiger charge is -2.09. The molecule has 0 spiro atoms. The molecule has 9 nitrogen and oxygen atoms in total. The minimum Gasteiger partial charge on any atom is -0.488 e. The molecular weight excluding hydrogens is 438 g/mol.